The van der Waals surface area contributed by atoms with Crippen molar-refractivity contribution in [2.45, 2.75) is 39.0 Å². The molecule has 0 spiro atoms. The van der Waals surface area contributed by atoms with Crippen LogP contribution in [0.4, 0.5) is 0 Å². The van der Waals surface area contributed by atoms with Crippen LogP contribution in [0.1, 0.15) is 32.9 Å². The largest absolute Gasteiger partial charge is 0.353 e. The Balaban J connectivity index is 0.000000771. The molecule has 1 aliphatic rings. The Kier molecular flexibility index (Phi) is 5.44. The highest BCUT2D eigenvalue weighted by Gasteiger charge is 2.27. The van der Waals surface area contributed by atoms with Crippen molar-refractivity contribution in [3.8, 4) is 0 Å². The summed E-state index contributed by atoms with van der Waals surface area (Å²) < 4.78 is 6.77. The van der Waals surface area contributed by atoms with E-state index in [1.165, 1.54) is 16.8 Å². The molecule has 2 atom stereocenters. The fraction of sp³-hybridized carbons (Fsp3) is 0.636. The number of hydrogen-bond donors (Lipinski definition) is 1. The highest BCUT2D eigenvalue weighted by Crippen LogP contribution is 2.26. The Morgan fingerprint density at radius 1 is 1.44 bits per heavy atom. The van der Waals surface area contributed by atoms with Gasteiger partial charge < -0.3 is 4.74 Å². The molecule has 1 aromatic rings. The maximum absolute atomic E-state index is 11.4. The molecular weight excluding hydrogens is 238 g/mol. The highest BCUT2D eigenvalue weighted by atomic mass is 16.5. The van der Waals surface area contributed by atoms with Crippen molar-refractivity contribution in [3.05, 3.63) is 38.0 Å². The number of nitrogens with zero attached hydrogens (tertiary/aromatic N) is 2. The van der Waals surface area contributed by atoms with Crippen LogP contribution < -0.4 is 11.2 Å². The van der Waals surface area contributed by atoms with Crippen LogP contribution in [0, 0.1) is 4.91 Å². The first kappa shape index (κ1) is 14.3. The van der Waals surface area contributed by atoms with E-state index in [2.05, 4.69) is 10.2 Å². The molecule has 0 amide bonds. The van der Waals surface area contributed by atoms with Crippen LogP contribution in [-0.2, 0) is 4.74 Å². The monoisotopic (exact) mass is 255 g/mol. The van der Waals surface area contributed by atoms with E-state index < -0.39 is 17.5 Å². The van der Waals surface area contributed by atoms with Gasteiger partial charge in [0.1, 0.15) is 12.8 Å². The van der Waals surface area contributed by atoms with E-state index in [1.807, 2.05) is 13.8 Å². The third-order valence-corrected chi connectivity index (χ3v) is 2.52. The zero-order valence-corrected chi connectivity index (χ0v) is 10.5. The summed E-state index contributed by atoms with van der Waals surface area (Å²) in [6, 6.07) is 1.26. The summed E-state index contributed by atoms with van der Waals surface area (Å²) in [5.74, 6) is 0. The van der Waals surface area contributed by atoms with E-state index in [4.69, 9.17) is 4.74 Å². The Bertz CT molecular complexity index is 494. The molecule has 1 fully saturated rings. The summed E-state index contributed by atoms with van der Waals surface area (Å²) >= 11 is 0. The molecule has 1 N–H and O–H groups in total. The zero-order valence-electron chi connectivity index (χ0n) is 10.5. The quantitative estimate of drug-likeness (QED) is 0.815. The Labute approximate surface area is 104 Å². The minimum absolute atomic E-state index is 0.0919. The van der Waals surface area contributed by atoms with Gasteiger partial charge in [-0.05, 0) is 12.8 Å². The van der Waals surface area contributed by atoms with Gasteiger partial charge in [-0.15, -0.1) is 0 Å². The van der Waals surface area contributed by atoms with Gasteiger partial charge in [-0.25, -0.2) is 4.79 Å². The number of rotatable bonds is 3. The van der Waals surface area contributed by atoms with Gasteiger partial charge in [0.05, 0.1) is 6.10 Å². The number of aromatic amines is 1. The summed E-state index contributed by atoms with van der Waals surface area (Å²) in [5, 5.41) is 2.76. The van der Waals surface area contributed by atoms with Crippen molar-refractivity contribution >= 4 is 0 Å². The van der Waals surface area contributed by atoms with Crippen molar-refractivity contribution < 1.29 is 4.74 Å². The molecular formula is C11H17N3O4. The lowest BCUT2D eigenvalue weighted by Gasteiger charge is -2.13. The number of nitrogens with one attached hydrogen (secondary N) is 1. The molecule has 2 heterocycles. The second-order valence-electron chi connectivity index (χ2n) is 3.62. The van der Waals surface area contributed by atoms with Gasteiger partial charge in [0.15, 0.2) is 0 Å². The van der Waals surface area contributed by atoms with Gasteiger partial charge in [-0.2, -0.15) is 4.91 Å². The predicted octanol–water partition coefficient (Wildman–Crippen LogP) is 1.01. The molecule has 0 aliphatic carbocycles. The SMILES string of the molecule is CC.O=NCC1CCC(n2ccc(=O)[nH]c2=O)O1. The molecule has 1 aromatic heterocycles. The summed E-state index contributed by atoms with van der Waals surface area (Å²) in [5.41, 5.74) is -0.942. The number of H-pyrrole nitrogens is 1. The molecule has 100 valence electrons. The Morgan fingerprint density at radius 2 is 2.17 bits per heavy atom. The third-order valence-electron chi connectivity index (χ3n) is 2.52. The van der Waals surface area contributed by atoms with Crippen LogP contribution in [0.5, 0.6) is 0 Å². The van der Waals surface area contributed by atoms with E-state index in [0.29, 0.717) is 12.8 Å². The fourth-order valence-corrected chi connectivity index (χ4v) is 1.76. The normalized spacial score (nSPS) is 22.1. The lowest BCUT2D eigenvalue weighted by Crippen LogP contribution is -2.31. The van der Waals surface area contributed by atoms with E-state index in [-0.39, 0.29) is 12.6 Å². The molecule has 2 unspecified atom stereocenters. The number of aromatic nitrogens is 2. The number of hydrogen-bond acceptors (Lipinski definition) is 5. The summed E-state index contributed by atoms with van der Waals surface area (Å²) in [6.45, 7) is 4.09. The average Bonchev–Trinajstić information content (AvgIpc) is 2.80. The average molecular weight is 255 g/mol. The Hall–Kier alpha value is -1.76. The molecule has 1 saturated heterocycles. The maximum atomic E-state index is 11.4. The number of ether oxygens (including phenoxy) is 1. The van der Waals surface area contributed by atoms with E-state index >= 15 is 0 Å². The van der Waals surface area contributed by atoms with Crippen LogP contribution >= 0.6 is 0 Å². The van der Waals surface area contributed by atoms with E-state index in [1.54, 1.807) is 0 Å². The summed E-state index contributed by atoms with van der Waals surface area (Å²) in [7, 11) is 0. The lowest BCUT2D eigenvalue weighted by molar-refractivity contribution is 0.00369. The van der Waals surface area contributed by atoms with Crippen molar-refractivity contribution in [1.82, 2.24) is 9.55 Å². The van der Waals surface area contributed by atoms with Crippen molar-refractivity contribution in [3.63, 3.8) is 0 Å². The predicted molar refractivity (Wildman–Crippen MR) is 66.5 cm³/mol. The highest BCUT2D eigenvalue weighted by molar-refractivity contribution is 4.86. The van der Waals surface area contributed by atoms with Gasteiger partial charge in [0, 0.05) is 12.3 Å². The molecule has 18 heavy (non-hydrogen) atoms. The first-order chi connectivity index (χ1) is 8.70. The summed E-state index contributed by atoms with van der Waals surface area (Å²) in [4.78, 5) is 34.5. The van der Waals surface area contributed by atoms with Gasteiger partial charge in [0.2, 0.25) is 0 Å². The second kappa shape index (κ2) is 6.85. The van der Waals surface area contributed by atoms with Crippen LogP contribution in [0.25, 0.3) is 0 Å². The van der Waals surface area contributed by atoms with Crippen molar-refractivity contribution in [2.75, 3.05) is 6.54 Å². The first-order valence-electron chi connectivity index (χ1n) is 5.97. The van der Waals surface area contributed by atoms with Crippen molar-refractivity contribution in [1.29, 1.82) is 0 Å². The van der Waals surface area contributed by atoms with Gasteiger partial charge >= 0.3 is 5.69 Å². The van der Waals surface area contributed by atoms with Crippen LogP contribution in [-0.4, -0.2) is 22.2 Å². The maximum Gasteiger partial charge on any atom is 0.330 e. The molecule has 0 bridgehead atoms. The van der Waals surface area contributed by atoms with Crippen LogP contribution in [0.15, 0.2) is 27.0 Å². The van der Waals surface area contributed by atoms with Crippen LogP contribution in [0.3, 0.4) is 0 Å². The van der Waals surface area contributed by atoms with Gasteiger partial charge in [-0.3, -0.25) is 14.3 Å². The Morgan fingerprint density at radius 3 is 2.78 bits per heavy atom. The van der Waals surface area contributed by atoms with E-state index in [0.717, 1.165) is 0 Å². The molecule has 1 aliphatic heterocycles. The molecule has 0 radical (unpaired) electrons. The fourth-order valence-electron chi connectivity index (χ4n) is 1.76. The lowest BCUT2D eigenvalue weighted by atomic mass is 10.2. The topological polar surface area (TPSA) is 93.5 Å². The first-order valence-corrected chi connectivity index (χ1v) is 5.97. The molecule has 2 rings (SSSR count). The minimum atomic E-state index is -0.503. The third kappa shape index (κ3) is 3.36. The molecule has 7 heteroatoms. The molecule has 0 aromatic carbocycles. The van der Waals surface area contributed by atoms with E-state index in [9.17, 15) is 14.5 Å². The number of nitroso groups, excluding NO2 is 1. The van der Waals surface area contributed by atoms with Gasteiger partial charge in [0.25, 0.3) is 5.56 Å². The van der Waals surface area contributed by atoms with Gasteiger partial charge in [-0.1, -0.05) is 19.0 Å². The molecule has 0 saturated carbocycles. The standard InChI is InChI=1S/C9H11N3O4.C2H6/c13-7-3-4-12(9(14)11-7)8-2-1-6(16-8)5-10-15;1-2/h3-4,6,8H,1-2,5H2,(H,11,13,14);1-2H3. The smallest absolute Gasteiger partial charge is 0.330 e. The van der Waals surface area contributed by atoms with Crippen LogP contribution in [0.2, 0.25) is 0 Å². The zero-order chi connectivity index (χ0) is 13.5. The summed E-state index contributed by atoms with van der Waals surface area (Å²) in [6.07, 6.45) is 2.05. The minimum Gasteiger partial charge on any atom is -0.353 e. The second-order valence-corrected chi connectivity index (χ2v) is 3.62. The van der Waals surface area contributed by atoms with Crippen molar-refractivity contribution in [2.24, 2.45) is 5.18 Å². The molecule has 7 nitrogen and oxygen atoms in total.